The van der Waals surface area contributed by atoms with E-state index >= 15 is 0 Å². The van der Waals surface area contributed by atoms with Crippen LogP contribution in [-0.4, -0.2) is 35.1 Å². The van der Waals surface area contributed by atoms with Crippen molar-refractivity contribution in [1.82, 2.24) is 0 Å². The molecular formula is C18H18N2O7. The number of nitro groups is 1. The third-order valence-corrected chi connectivity index (χ3v) is 3.76. The quantitative estimate of drug-likeness (QED) is 0.452. The van der Waals surface area contributed by atoms with E-state index in [1.54, 1.807) is 19.1 Å². The standard InChI is InChI=1S/C18H18N2O7/c1-10-5-4-6-13(16(10)21)18(23)27-11(2)17(22)19-14-9-12(20(24)25)7-8-15(14)26-3/h4-9,11,21H,1-3H3,(H,19,22)/t11-/m0/s1. The second-order valence-corrected chi connectivity index (χ2v) is 5.65. The zero-order valence-electron chi connectivity index (χ0n) is 14.9. The van der Waals surface area contributed by atoms with Gasteiger partial charge in [-0.15, -0.1) is 0 Å². The summed E-state index contributed by atoms with van der Waals surface area (Å²) >= 11 is 0. The Labute approximate surface area is 154 Å². The number of aryl methyl sites for hydroxylation is 1. The number of hydrogen-bond donors (Lipinski definition) is 2. The van der Waals surface area contributed by atoms with Crippen LogP contribution in [-0.2, 0) is 9.53 Å². The van der Waals surface area contributed by atoms with Gasteiger partial charge in [0.05, 0.1) is 17.7 Å². The number of aromatic hydroxyl groups is 1. The predicted molar refractivity (Wildman–Crippen MR) is 96.0 cm³/mol. The number of nitrogens with one attached hydrogen (secondary N) is 1. The van der Waals surface area contributed by atoms with Crippen LogP contribution in [0.4, 0.5) is 11.4 Å². The Kier molecular flexibility index (Phi) is 5.96. The van der Waals surface area contributed by atoms with Gasteiger partial charge in [-0.1, -0.05) is 12.1 Å². The molecule has 9 nitrogen and oxygen atoms in total. The maximum atomic E-state index is 12.3. The maximum absolute atomic E-state index is 12.3. The number of esters is 1. The lowest BCUT2D eigenvalue weighted by atomic mass is 10.1. The lowest BCUT2D eigenvalue weighted by molar-refractivity contribution is -0.384. The first-order valence-corrected chi connectivity index (χ1v) is 7.87. The number of phenolic OH excluding ortho intramolecular Hbond substituents is 1. The van der Waals surface area contributed by atoms with Crippen LogP contribution in [0, 0.1) is 17.0 Å². The number of non-ortho nitro benzene ring substituents is 1. The molecule has 0 unspecified atom stereocenters. The number of amides is 1. The summed E-state index contributed by atoms with van der Waals surface area (Å²) in [6.45, 7) is 2.96. The number of para-hydroxylation sites is 1. The number of rotatable bonds is 6. The molecular weight excluding hydrogens is 356 g/mol. The van der Waals surface area contributed by atoms with E-state index in [0.717, 1.165) is 6.07 Å². The Morgan fingerprint density at radius 3 is 2.59 bits per heavy atom. The van der Waals surface area contributed by atoms with Gasteiger partial charge in [-0.05, 0) is 31.5 Å². The molecule has 0 heterocycles. The van der Waals surface area contributed by atoms with Crippen LogP contribution in [0.25, 0.3) is 0 Å². The van der Waals surface area contributed by atoms with Crippen molar-refractivity contribution in [3.8, 4) is 11.5 Å². The Morgan fingerprint density at radius 1 is 1.26 bits per heavy atom. The number of benzene rings is 2. The van der Waals surface area contributed by atoms with Crippen molar-refractivity contribution in [2.24, 2.45) is 0 Å². The molecule has 1 amide bonds. The predicted octanol–water partition coefficient (Wildman–Crippen LogP) is 2.80. The third kappa shape index (κ3) is 4.51. The van der Waals surface area contributed by atoms with Crippen LogP contribution in [0.1, 0.15) is 22.8 Å². The minimum Gasteiger partial charge on any atom is -0.507 e. The minimum atomic E-state index is -1.22. The molecule has 0 saturated heterocycles. The maximum Gasteiger partial charge on any atom is 0.342 e. The molecule has 2 aromatic rings. The van der Waals surface area contributed by atoms with Gasteiger partial charge in [0.15, 0.2) is 6.10 Å². The number of hydrogen-bond acceptors (Lipinski definition) is 7. The van der Waals surface area contributed by atoms with E-state index in [1.807, 2.05) is 0 Å². The summed E-state index contributed by atoms with van der Waals surface area (Å²) in [5.41, 5.74) is 0.254. The average Bonchev–Trinajstić information content (AvgIpc) is 2.63. The van der Waals surface area contributed by atoms with E-state index in [1.165, 1.54) is 32.2 Å². The van der Waals surface area contributed by atoms with Gasteiger partial charge < -0.3 is 19.9 Å². The fraction of sp³-hybridized carbons (Fsp3) is 0.222. The van der Waals surface area contributed by atoms with Crippen molar-refractivity contribution < 1.29 is 29.1 Å². The summed E-state index contributed by atoms with van der Waals surface area (Å²) in [5, 5.41) is 23.2. The van der Waals surface area contributed by atoms with Gasteiger partial charge in [-0.25, -0.2) is 4.79 Å². The highest BCUT2D eigenvalue weighted by atomic mass is 16.6. The molecule has 0 spiro atoms. The number of ether oxygens (including phenoxy) is 2. The minimum absolute atomic E-state index is 0.0671. The normalized spacial score (nSPS) is 11.4. The average molecular weight is 374 g/mol. The lowest BCUT2D eigenvalue weighted by Gasteiger charge is -2.15. The SMILES string of the molecule is COc1ccc([N+](=O)[O-])cc1NC(=O)[C@H](C)OC(=O)c1cccc(C)c1O. The fourth-order valence-electron chi connectivity index (χ4n) is 2.24. The summed E-state index contributed by atoms with van der Waals surface area (Å²) in [6.07, 6.45) is -1.22. The number of anilines is 1. The van der Waals surface area contributed by atoms with Gasteiger partial charge >= 0.3 is 5.97 Å². The summed E-state index contributed by atoms with van der Waals surface area (Å²) < 4.78 is 10.1. The molecule has 0 saturated carbocycles. The highest BCUT2D eigenvalue weighted by Crippen LogP contribution is 2.29. The van der Waals surface area contributed by atoms with Gasteiger partial charge in [-0.3, -0.25) is 14.9 Å². The van der Waals surface area contributed by atoms with Gasteiger partial charge in [0.2, 0.25) is 0 Å². The van der Waals surface area contributed by atoms with E-state index in [9.17, 15) is 24.8 Å². The van der Waals surface area contributed by atoms with Gasteiger partial charge in [-0.2, -0.15) is 0 Å². The zero-order valence-corrected chi connectivity index (χ0v) is 14.9. The molecule has 2 rings (SSSR count). The third-order valence-electron chi connectivity index (χ3n) is 3.76. The van der Waals surface area contributed by atoms with Crippen LogP contribution in [0.3, 0.4) is 0 Å². The molecule has 9 heteroatoms. The Balaban J connectivity index is 2.14. The number of methoxy groups -OCH3 is 1. The lowest BCUT2D eigenvalue weighted by Crippen LogP contribution is -2.30. The molecule has 0 bridgehead atoms. The van der Waals surface area contributed by atoms with Crippen molar-refractivity contribution >= 4 is 23.3 Å². The molecule has 142 valence electrons. The first-order valence-electron chi connectivity index (χ1n) is 7.87. The molecule has 0 fully saturated rings. The van der Waals surface area contributed by atoms with E-state index in [-0.39, 0.29) is 28.4 Å². The van der Waals surface area contributed by atoms with Crippen molar-refractivity contribution in [3.05, 3.63) is 57.6 Å². The summed E-state index contributed by atoms with van der Waals surface area (Å²) in [5.74, 6) is -1.60. The first-order chi connectivity index (χ1) is 12.7. The van der Waals surface area contributed by atoms with Crippen LogP contribution < -0.4 is 10.1 Å². The molecule has 1 atom stereocenters. The Bertz CT molecular complexity index is 895. The second kappa shape index (κ2) is 8.17. The molecule has 0 aliphatic rings. The van der Waals surface area contributed by atoms with Crippen LogP contribution in [0.5, 0.6) is 11.5 Å². The first kappa shape index (κ1) is 19.7. The Hall–Kier alpha value is -3.62. The summed E-state index contributed by atoms with van der Waals surface area (Å²) in [4.78, 5) is 34.8. The van der Waals surface area contributed by atoms with E-state index in [2.05, 4.69) is 5.32 Å². The van der Waals surface area contributed by atoms with Crippen molar-refractivity contribution in [2.75, 3.05) is 12.4 Å². The molecule has 0 aromatic heterocycles. The highest BCUT2D eigenvalue weighted by molar-refractivity contribution is 5.99. The van der Waals surface area contributed by atoms with E-state index in [0.29, 0.717) is 5.56 Å². The number of nitrogens with zero attached hydrogens (tertiary/aromatic N) is 1. The van der Waals surface area contributed by atoms with Crippen molar-refractivity contribution in [2.45, 2.75) is 20.0 Å². The van der Waals surface area contributed by atoms with E-state index in [4.69, 9.17) is 9.47 Å². The number of nitro benzene ring substituents is 1. The van der Waals surface area contributed by atoms with Crippen molar-refractivity contribution in [3.63, 3.8) is 0 Å². The molecule has 2 aromatic carbocycles. The smallest absolute Gasteiger partial charge is 0.342 e. The summed E-state index contributed by atoms with van der Waals surface area (Å²) in [6, 6.07) is 8.28. The van der Waals surface area contributed by atoms with Gasteiger partial charge in [0.1, 0.15) is 17.1 Å². The Morgan fingerprint density at radius 2 is 1.96 bits per heavy atom. The fourth-order valence-corrected chi connectivity index (χ4v) is 2.24. The number of carbonyl (C=O) groups is 2. The zero-order chi connectivity index (χ0) is 20.1. The number of carbonyl (C=O) groups excluding carboxylic acids is 2. The van der Waals surface area contributed by atoms with Crippen LogP contribution >= 0.6 is 0 Å². The largest absolute Gasteiger partial charge is 0.507 e. The molecule has 0 radical (unpaired) electrons. The van der Waals surface area contributed by atoms with Crippen LogP contribution in [0.2, 0.25) is 0 Å². The van der Waals surface area contributed by atoms with E-state index < -0.39 is 22.9 Å². The summed E-state index contributed by atoms with van der Waals surface area (Å²) in [7, 11) is 1.35. The van der Waals surface area contributed by atoms with Gasteiger partial charge in [0.25, 0.3) is 11.6 Å². The topological polar surface area (TPSA) is 128 Å². The molecule has 0 aliphatic carbocycles. The molecule has 2 N–H and O–H groups in total. The monoisotopic (exact) mass is 374 g/mol. The highest BCUT2D eigenvalue weighted by Gasteiger charge is 2.23. The molecule has 0 aliphatic heterocycles. The van der Waals surface area contributed by atoms with Crippen molar-refractivity contribution in [1.29, 1.82) is 0 Å². The number of phenols is 1. The van der Waals surface area contributed by atoms with Crippen LogP contribution in [0.15, 0.2) is 36.4 Å². The molecule has 27 heavy (non-hydrogen) atoms. The second-order valence-electron chi connectivity index (χ2n) is 5.65. The van der Waals surface area contributed by atoms with Gasteiger partial charge in [0, 0.05) is 12.1 Å².